The second-order valence-electron chi connectivity index (χ2n) is 6.90. The molecule has 3 rings (SSSR count). The fourth-order valence-electron chi connectivity index (χ4n) is 3.07. The van der Waals surface area contributed by atoms with E-state index in [1.165, 1.54) is 19.1 Å². The van der Waals surface area contributed by atoms with E-state index in [0.717, 1.165) is 11.1 Å². The maximum atomic E-state index is 15.2. The van der Waals surface area contributed by atoms with Gasteiger partial charge in [-0.25, -0.2) is 4.79 Å². The van der Waals surface area contributed by atoms with Gasteiger partial charge in [0.1, 0.15) is 5.71 Å². The molecule has 0 fully saturated rings. The van der Waals surface area contributed by atoms with Crippen molar-refractivity contribution in [1.29, 1.82) is 0 Å². The van der Waals surface area contributed by atoms with Gasteiger partial charge in [0.25, 0.3) is 0 Å². The number of hydrazone groups is 1. The van der Waals surface area contributed by atoms with Gasteiger partial charge in [0.2, 0.25) is 0 Å². The van der Waals surface area contributed by atoms with E-state index >= 15 is 8.78 Å². The highest BCUT2D eigenvalue weighted by molar-refractivity contribution is 6.16. The summed E-state index contributed by atoms with van der Waals surface area (Å²) in [5.41, 5.74) is 1.34. The van der Waals surface area contributed by atoms with Crippen LogP contribution in [-0.2, 0) is 22.6 Å². The van der Waals surface area contributed by atoms with Gasteiger partial charge >= 0.3 is 11.9 Å². The molecule has 0 aliphatic heterocycles. The van der Waals surface area contributed by atoms with Crippen LogP contribution >= 0.6 is 0 Å². The average molecular weight is 422 g/mol. The second kappa shape index (κ2) is 10.5. The molecule has 0 amide bonds. The summed E-state index contributed by atoms with van der Waals surface area (Å²) < 4.78 is 35.0. The van der Waals surface area contributed by atoms with Crippen molar-refractivity contribution in [2.75, 3.05) is 6.61 Å². The van der Waals surface area contributed by atoms with Crippen molar-refractivity contribution < 1.29 is 18.3 Å². The molecule has 0 aliphatic carbocycles. The molecule has 0 unspecified atom stereocenters. The van der Waals surface area contributed by atoms with Gasteiger partial charge < -0.3 is 4.74 Å². The standard InChI is InChI=1S/C25H24F2N2O2/c1-2-31-24(30)25(26,27)23(22-16-10-5-11-17-22)28-29(18-20-12-6-3-7-13-20)19-21-14-8-4-9-15-21/h3-17H,2,18-19H2,1H3/b28-23+. The fraction of sp³-hybridized carbons (Fsp3) is 0.200. The molecule has 0 aromatic heterocycles. The third-order valence-corrected chi connectivity index (χ3v) is 4.53. The molecule has 3 aromatic carbocycles. The van der Waals surface area contributed by atoms with Crippen molar-refractivity contribution in [1.82, 2.24) is 5.01 Å². The van der Waals surface area contributed by atoms with Crippen LogP contribution in [-0.4, -0.2) is 29.2 Å². The minimum absolute atomic E-state index is 0.145. The fourth-order valence-corrected chi connectivity index (χ4v) is 3.07. The van der Waals surface area contributed by atoms with Crippen LogP contribution in [0.15, 0.2) is 96.1 Å². The average Bonchev–Trinajstić information content (AvgIpc) is 2.79. The Labute approximate surface area is 180 Å². The predicted octanol–water partition coefficient (Wildman–Crippen LogP) is 5.29. The lowest BCUT2D eigenvalue weighted by Crippen LogP contribution is -2.41. The van der Waals surface area contributed by atoms with Crippen LogP contribution < -0.4 is 0 Å². The first kappa shape index (κ1) is 22.2. The number of hydrogen-bond acceptors (Lipinski definition) is 4. The molecule has 0 saturated carbocycles. The minimum atomic E-state index is -3.90. The molecule has 0 N–H and O–H groups in total. The first-order chi connectivity index (χ1) is 15.0. The lowest BCUT2D eigenvalue weighted by Gasteiger charge is -2.24. The van der Waals surface area contributed by atoms with Crippen molar-refractivity contribution in [3.05, 3.63) is 108 Å². The van der Waals surface area contributed by atoms with Gasteiger partial charge in [-0.3, -0.25) is 5.01 Å². The first-order valence-electron chi connectivity index (χ1n) is 10.0. The molecule has 6 heteroatoms. The molecule has 4 nitrogen and oxygen atoms in total. The zero-order chi connectivity index (χ0) is 22.1. The Morgan fingerprint density at radius 3 is 1.74 bits per heavy atom. The number of alkyl halides is 2. The van der Waals surface area contributed by atoms with E-state index in [1.54, 1.807) is 23.2 Å². The molecule has 0 bridgehead atoms. The maximum Gasteiger partial charge on any atom is 0.386 e. The Hall–Kier alpha value is -3.54. The molecule has 0 spiro atoms. The van der Waals surface area contributed by atoms with Gasteiger partial charge in [-0.15, -0.1) is 0 Å². The summed E-state index contributed by atoms with van der Waals surface area (Å²) >= 11 is 0. The number of carbonyl (C=O) groups is 1. The molecular formula is C25H24F2N2O2. The number of ether oxygens (including phenoxy) is 1. The SMILES string of the molecule is CCOC(=O)C(F)(F)/C(=N/N(Cc1ccccc1)Cc1ccccc1)c1ccccc1. The number of nitrogens with zero attached hydrogens (tertiary/aromatic N) is 2. The van der Waals surface area contributed by atoms with E-state index in [1.807, 2.05) is 60.7 Å². The normalized spacial score (nSPS) is 11.8. The van der Waals surface area contributed by atoms with Crippen molar-refractivity contribution in [2.45, 2.75) is 25.9 Å². The third-order valence-electron chi connectivity index (χ3n) is 4.53. The summed E-state index contributed by atoms with van der Waals surface area (Å²) in [6.07, 6.45) is 0. The molecular weight excluding hydrogens is 398 g/mol. The Balaban J connectivity index is 2.05. The topological polar surface area (TPSA) is 41.9 Å². The Bertz CT molecular complexity index is 952. The summed E-state index contributed by atoms with van der Waals surface area (Å²) in [6.45, 7) is 1.94. The predicted molar refractivity (Wildman–Crippen MR) is 117 cm³/mol. The summed E-state index contributed by atoms with van der Waals surface area (Å²) in [5, 5.41) is 5.85. The van der Waals surface area contributed by atoms with Gasteiger partial charge in [-0.05, 0) is 18.1 Å². The van der Waals surface area contributed by atoms with Gasteiger partial charge in [-0.2, -0.15) is 13.9 Å². The molecule has 0 heterocycles. The van der Waals surface area contributed by atoms with E-state index in [-0.39, 0.29) is 12.2 Å². The van der Waals surface area contributed by atoms with Crippen LogP contribution in [0, 0.1) is 0 Å². The van der Waals surface area contributed by atoms with Crippen LogP contribution in [0.1, 0.15) is 23.6 Å². The molecule has 0 aliphatic rings. The van der Waals surface area contributed by atoms with Gasteiger partial charge in [-0.1, -0.05) is 91.0 Å². The van der Waals surface area contributed by atoms with Crippen LogP contribution in [0.5, 0.6) is 0 Å². The van der Waals surface area contributed by atoms with Crippen molar-refractivity contribution in [3.8, 4) is 0 Å². The van der Waals surface area contributed by atoms with Crippen LogP contribution in [0.4, 0.5) is 8.78 Å². The number of benzene rings is 3. The molecule has 31 heavy (non-hydrogen) atoms. The Morgan fingerprint density at radius 1 is 0.839 bits per heavy atom. The Morgan fingerprint density at radius 2 is 1.29 bits per heavy atom. The summed E-state index contributed by atoms with van der Waals surface area (Å²) in [6, 6.07) is 26.9. The van der Waals surface area contributed by atoms with E-state index in [9.17, 15) is 4.79 Å². The van der Waals surface area contributed by atoms with Crippen molar-refractivity contribution >= 4 is 11.7 Å². The zero-order valence-corrected chi connectivity index (χ0v) is 17.2. The molecule has 160 valence electrons. The highest BCUT2D eigenvalue weighted by Crippen LogP contribution is 2.25. The lowest BCUT2D eigenvalue weighted by atomic mass is 10.0. The molecule has 0 saturated heterocycles. The number of esters is 1. The number of rotatable bonds is 9. The van der Waals surface area contributed by atoms with E-state index in [4.69, 9.17) is 0 Å². The maximum absolute atomic E-state index is 15.2. The number of halogens is 2. The van der Waals surface area contributed by atoms with Crippen LogP contribution in [0.2, 0.25) is 0 Å². The number of carbonyl (C=O) groups excluding carboxylic acids is 1. The largest absolute Gasteiger partial charge is 0.461 e. The monoisotopic (exact) mass is 422 g/mol. The number of hydrogen-bond donors (Lipinski definition) is 0. The van der Waals surface area contributed by atoms with Crippen LogP contribution in [0.3, 0.4) is 0 Å². The zero-order valence-electron chi connectivity index (χ0n) is 17.2. The Kier molecular flexibility index (Phi) is 7.49. The highest BCUT2D eigenvalue weighted by atomic mass is 19.3. The van der Waals surface area contributed by atoms with E-state index in [0.29, 0.717) is 13.1 Å². The van der Waals surface area contributed by atoms with Crippen molar-refractivity contribution in [3.63, 3.8) is 0 Å². The minimum Gasteiger partial charge on any atom is -0.461 e. The van der Waals surface area contributed by atoms with Gasteiger partial charge in [0, 0.05) is 5.56 Å². The van der Waals surface area contributed by atoms with Gasteiger partial charge in [0.05, 0.1) is 19.7 Å². The lowest BCUT2D eigenvalue weighted by molar-refractivity contribution is -0.162. The molecule has 0 radical (unpaired) electrons. The van der Waals surface area contributed by atoms with E-state index in [2.05, 4.69) is 9.84 Å². The first-order valence-corrected chi connectivity index (χ1v) is 10.0. The van der Waals surface area contributed by atoms with Crippen LogP contribution in [0.25, 0.3) is 0 Å². The summed E-state index contributed by atoms with van der Waals surface area (Å²) in [4.78, 5) is 12.1. The van der Waals surface area contributed by atoms with E-state index < -0.39 is 17.6 Å². The van der Waals surface area contributed by atoms with Crippen molar-refractivity contribution in [2.24, 2.45) is 5.10 Å². The smallest absolute Gasteiger partial charge is 0.386 e. The highest BCUT2D eigenvalue weighted by Gasteiger charge is 2.47. The second-order valence-corrected chi connectivity index (χ2v) is 6.90. The summed E-state index contributed by atoms with van der Waals surface area (Å²) in [5.74, 6) is -5.51. The molecule has 0 atom stereocenters. The third kappa shape index (κ3) is 5.98. The molecule has 3 aromatic rings. The van der Waals surface area contributed by atoms with Gasteiger partial charge in [0.15, 0.2) is 0 Å². The summed E-state index contributed by atoms with van der Waals surface area (Å²) in [7, 11) is 0. The quantitative estimate of drug-likeness (QED) is 0.267.